The molecule has 0 amide bonds. The van der Waals surface area contributed by atoms with E-state index in [-0.39, 0.29) is 15.5 Å². The van der Waals surface area contributed by atoms with Gasteiger partial charge in [0.2, 0.25) is 0 Å². The number of halogens is 1. The second-order valence-corrected chi connectivity index (χ2v) is 8.49. The number of carbonyl (C=O) groups excluding carboxylic acids is 1. The fourth-order valence-electron chi connectivity index (χ4n) is 2.30. The Hall–Kier alpha value is -2.09. The van der Waals surface area contributed by atoms with E-state index in [1.165, 1.54) is 24.3 Å². The SMILES string of the molecule is Cc1c(S(=O)(=O)Nc2ccc(C(=O)[O-])cc2)sc2ccc(Cl)cc12. The Morgan fingerprint density at radius 1 is 1.17 bits per heavy atom. The third kappa shape index (κ3) is 3.10. The molecular weight excluding hydrogens is 370 g/mol. The van der Waals surface area contributed by atoms with Crippen molar-refractivity contribution in [1.82, 2.24) is 0 Å². The van der Waals surface area contributed by atoms with Crippen LogP contribution in [0.4, 0.5) is 5.69 Å². The van der Waals surface area contributed by atoms with Crippen LogP contribution >= 0.6 is 22.9 Å². The zero-order chi connectivity index (χ0) is 17.5. The molecule has 3 aromatic rings. The predicted molar refractivity (Wildman–Crippen MR) is 93.2 cm³/mol. The van der Waals surface area contributed by atoms with Crippen LogP contribution in [-0.4, -0.2) is 14.4 Å². The zero-order valence-electron chi connectivity index (χ0n) is 12.4. The molecule has 0 aliphatic rings. The Balaban J connectivity index is 1.98. The summed E-state index contributed by atoms with van der Waals surface area (Å²) in [5.41, 5.74) is 0.872. The highest BCUT2D eigenvalue weighted by Gasteiger charge is 2.22. The number of aromatic carboxylic acids is 1. The molecule has 0 saturated heterocycles. The summed E-state index contributed by atoms with van der Waals surface area (Å²) in [5, 5.41) is 12.1. The highest BCUT2D eigenvalue weighted by molar-refractivity contribution is 7.94. The summed E-state index contributed by atoms with van der Waals surface area (Å²) in [5.74, 6) is -1.32. The minimum atomic E-state index is -3.79. The largest absolute Gasteiger partial charge is 0.545 e. The fraction of sp³-hybridized carbons (Fsp3) is 0.0625. The van der Waals surface area contributed by atoms with Crippen LogP contribution < -0.4 is 9.83 Å². The molecule has 2 aromatic carbocycles. The zero-order valence-corrected chi connectivity index (χ0v) is 14.8. The maximum atomic E-state index is 12.6. The van der Waals surface area contributed by atoms with Crippen molar-refractivity contribution < 1.29 is 18.3 Å². The van der Waals surface area contributed by atoms with E-state index >= 15 is 0 Å². The van der Waals surface area contributed by atoms with Gasteiger partial charge in [-0.25, -0.2) is 8.42 Å². The van der Waals surface area contributed by atoms with Crippen molar-refractivity contribution in [3.05, 3.63) is 58.6 Å². The lowest BCUT2D eigenvalue weighted by molar-refractivity contribution is -0.255. The van der Waals surface area contributed by atoms with Gasteiger partial charge >= 0.3 is 0 Å². The lowest BCUT2D eigenvalue weighted by Gasteiger charge is -2.08. The van der Waals surface area contributed by atoms with Gasteiger partial charge in [0.1, 0.15) is 4.21 Å². The van der Waals surface area contributed by atoms with Gasteiger partial charge in [0, 0.05) is 15.4 Å². The number of aryl methyl sites for hydroxylation is 1. The summed E-state index contributed by atoms with van der Waals surface area (Å²) in [6.07, 6.45) is 0. The molecule has 0 bridgehead atoms. The summed E-state index contributed by atoms with van der Waals surface area (Å²) in [4.78, 5) is 10.7. The Bertz CT molecular complexity index is 1040. The van der Waals surface area contributed by atoms with E-state index in [4.69, 9.17) is 11.6 Å². The van der Waals surface area contributed by atoms with E-state index in [1.54, 1.807) is 25.1 Å². The summed E-state index contributed by atoms with van der Waals surface area (Å²) in [6, 6.07) is 10.5. The highest BCUT2D eigenvalue weighted by Crippen LogP contribution is 2.36. The molecule has 5 nitrogen and oxygen atoms in total. The molecule has 0 atom stereocenters. The van der Waals surface area contributed by atoms with Gasteiger partial charge in [-0.3, -0.25) is 4.72 Å². The van der Waals surface area contributed by atoms with Crippen molar-refractivity contribution in [2.45, 2.75) is 11.1 Å². The molecule has 124 valence electrons. The highest BCUT2D eigenvalue weighted by atomic mass is 35.5. The quantitative estimate of drug-likeness (QED) is 0.753. The molecule has 3 rings (SSSR count). The number of carbonyl (C=O) groups is 1. The average Bonchev–Trinajstić information content (AvgIpc) is 2.85. The van der Waals surface area contributed by atoms with Gasteiger partial charge in [0.05, 0.1) is 5.97 Å². The second kappa shape index (κ2) is 6.08. The number of rotatable bonds is 4. The minimum Gasteiger partial charge on any atom is -0.545 e. The van der Waals surface area contributed by atoms with Crippen molar-refractivity contribution in [2.24, 2.45) is 0 Å². The number of hydrogen-bond donors (Lipinski definition) is 1. The Kier molecular flexibility index (Phi) is 4.25. The van der Waals surface area contributed by atoms with Crippen LogP contribution in [0.1, 0.15) is 15.9 Å². The van der Waals surface area contributed by atoms with Gasteiger partial charge in [-0.1, -0.05) is 23.7 Å². The molecule has 0 unspecified atom stereocenters. The molecule has 24 heavy (non-hydrogen) atoms. The average molecular weight is 381 g/mol. The molecule has 0 aliphatic carbocycles. The van der Waals surface area contributed by atoms with Crippen molar-refractivity contribution in [3.63, 3.8) is 0 Å². The molecule has 0 radical (unpaired) electrons. The number of nitrogens with one attached hydrogen (secondary N) is 1. The van der Waals surface area contributed by atoms with Gasteiger partial charge in [-0.15, -0.1) is 11.3 Å². The Labute approximate surface area is 147 Å². The number of sulfonamides is 1. The summed E-state index contributed by atoms with van der Waals surface area (Å²) < 4.78 is 28.7. The Morgan fingerprint density at radius 3 is 2.46 bits per heavy atom. The molecule has 0 saturated carbocycles. The topological polar surface area (TPSA) is 86.3 Å². The minimum absolute atomic E-state index is 0.0226. The van der Waals surface area contributed by atoms with Crippen molar-refractivity contribution in [2.75, 3.05) is 4.72 Å². The first-order valence-electron chi connectivity index (χ1n) is 6.81. The molecule has 1 heterocycles. The third-order valence-corrected chi connectivity index (χ3v) is 6.98. The standard InChI is InChI=1S/C16H12ClNO4S2/c1-9-13-8-11(17)4-7-14(13)23-16(9)24(21,22)18-12-5-2-10(3-6-12)15(19)20/h2-8,18H,1H3,(H,19,20)/p-1. The number of thiophene rings is 1. The molecule has 1 aromatic heterocycles. The van der Waals surface area contributed by atoms with E-state index < -0.39 is 16.0 Å². The van der Waals surface area contributed by atoms with E-state index in [1.807, 2.05) is 0 Å². The number of anilines is 1. The third-order valence-electron chi connectivity index (χ3n) is 3.47. The van der Waals surface area contributed by atoms with Crippen LogP contribution in [0.25, 0.3) is 10.1 Å². The number of hydrogen-bond acceptors (Lipinski definition) is 5. The lowest BCUT2D eigenvalue weighted by atomic mass is 10.2. The second-order valence-electron chi connectivity index (χ2n) is 5.13. The van der Waals surface area contributed by atoms with Gasteiger partial charge < -0.3 is 9.90 Å². The molecule has 8 heteroatoms. The van der Waals surface area contributed by atoms with Crippen LogP contribution in [0.5, 0.6) is 0 Å². The monoisotopic (exact) mass is 380 g/mol. The van der Waals surface area contributed by atoms with Gasteiger partial charge in [-0.2, -0.15) is 0 Å². The summed E-state index contributed by atoms with van der Waals surface area (Å²) in [6.45, 7) is 1.73. The fourth-order valence-corrected chi connectivity index (χ4v) is 5.28. The number of benzene rings is 2. The van der Waals surface area contributed by atoms with E-state index in [0.29, 0.717) is 10.6 Å². The van der Waals surface area contributed by atoms with Gasteiger partial charge in [0.15, 0.2) is 0 Å². The van der Waals surface area contributed by atoms with Gasteiger partial charge in [0.25, 0.3) is 10.0 Å². The first-order valence-corrected chi connectivity index (χ1v) is 9.48. The normalized spacial score (nSPS) is 11.6. The summed E-state index contributed by atoms with van der Waals surface area (Å²) in [7, 11) is -3.79. The lowest BCUT2D eigenvalue weighted by Crippen LogP contribution is -2.22. The first-order chi connectivity index (χ1) is 11.3. The van der Waals surface area contributed by atoms with E-state index in [9.17, 15) is 18.3 Å². The van der Waals surface area contributed by atoms with Crippen LogP contribution in [0.3, 0.4) is 0 Å². The molecule has 0 fully saturated rings. The maximum absolute atomic E-state index is 12.6. The van der Waals surface area contributed by atoms with Crippen LogP contribution in [0, 0.1) is 6.92 Å². The first kappa shape index (κ1) is 16.8. The molecule has 1 N–H and O–H groups in total. The molecule has 0 aliphatic heterocycles. The number of carboxylic acids is 1. The van der Waals surface area contributed by atoms with Crippen LogP contribution in [-0.2, 0) is 10.0 Å². The van der Waals surface area contributed by atoms with Crippen LogP contribution in [0.15, 0.2) is 46.7 Å². The van der Waals surface area contributed by atoms with Crippen molar-refractivity contribution in [1.29, 1.82) is 0 Å². The maximum Gasteiger partial charge on any atom is 0.271 e. The van der Waals surface area contributed by atoms with E-state index in [2.05, 4.69) is 4.72 Å². The number of fused-ring (bicyclic) bond motifs is 1. The predicted octanol–water partition coefficient (Wildman–Crippen LogP) is 3.03. The molecule has 0 spiro atoms. The smallest absolute Gasteiger partial charge is 0.271 e. The number of carboxylic acid groups (broad SMARTS) is 1. The summed E-state index contributed by atoms with van der Waals surface area (Å²) >= 11 is 7.12. The van der Waals surface area contributed by atoms with E-state index in [0.717, 1.165) is 21.4 Å². The van der Waals surface area contributed by atoms with Crippen molar-refractivity contribution >= 4 is 54.7 Å². The molecular formula is C16H11ClNO4S2-. The van der Waals surface area contributed by atoms with Gasteiger partial charge in [-0.05, 0) is 53.8 Å². The van der Waals surface area contributed by atoms with Crippen LogP contribution in [0.2, 0.25) is 5.02 Å². The van der Waals surface area contributed by atoms with Crippen molar-refractivity contribution in [3.8, 4) is 0 Å². The Morgan fingerprint density at radius 2 is 1.83 bits per heavy atom.